The van der Waals surface area contributed by atoms with Gasteiger partial charge in [0.05, 0.1) is 16.1 Å². The van der Waals surface area contributed by atoms with Crippen molar-refractivity contribution in [1.82, 2.24) is 19.3 Å². The van der Waals surface area contributed by atoms with E-state index in [0.717, 1.165) is 9.39 Å². The minimum absolute atomic E-state index is 0.848. The summed E-state index contributed by atoms with van der Waals surface area (Å²) in [7, 11) is 1.94. The molecule has 0 amide bonds. The van der Waals surface area contributed by atoms with Crippen LogP contribution in [-0.4, -0.2) is 19.3 Å². The summed E-state index contributed by atoms with van der Waals surface area (Å²) in [5, 5.41) is 4.13. The zero-order valence-corrected chi connectivity index (χ0v) is 8.63. The zero-order valence-electron chi connectivity index (χ0n) is 6.48. The molecule has 4 nitrogen and oxygen atoms in total. The van der Waals surface area contributed by atoms with E-state index in [9.17, 15) is 0 Å². The minimum atomic E-state index is 0.848. The third-order valence-electron chi connectivity index (χ3n) is 1.48. The average Bonchev–Trinajstić information content (AvgIpc) is 2.58. The summed E-state index contributed by atoms with van der Waals surface area (Å²) >= 11 is 2.22. The number of imidazole rings is 1. The second-order valence-electron chi connectivity index (χ2n) is 2.50. The van der Waals surface area contributed by atoms with Gasteiger partial charge >= 0.3 is 0 Å². The van der Waals surface area contributed by atoms with Gasteiger partial charge in [0.25, 0.3) is 0 Å². The van der Waals surface area contributed by atoms with Crippen LogP contribution in [0.4, 0.5) is 0 Å². The van der Waals surface area contributed by atoms with Gasteiger partial charge in [-0.05, 0) is 22.6 Å². The molecule has 0 saturated carbocycles. The first-order chi connectivity index (χ1) is 5.75. The van der Waals surface area contributed by atoms with Crippen LogP contribution < -0.4 is 0 Å². The largest absolute Gasteiger partial charge is 0.338 e. The van der Waals surface area contributed by atoms with Gasteiger partial charge in [-0.2, -0.15) is 5.10 Å². The van der Waals surface area contributed by atoms with Crippen LogP contribution in [0.5, 0.6) is 0 Å². The highest BCUT2D eigenvalue weighted by atomic mass is 127. The van der Waals surface area contributed by atoms with Crippen LogP contribution in [-0.2, 0) is 7.05 Å². The maximum atomic E-state index is 4.16. The Balaban J connectivity index is 2.43. The summed E-state index contributed by atoms with van der Waals surface area (Å²) in [6, 6.07) is 0. The van der Waals surface area contributed by atoms with Crippen LogP contribution in [0.25, 0.3) is 5.82 Å². The summed E-state index contributed by atoms with van der Waals surface area (Å²) in [6.07, 6.45) is 7.41. The van der Waals surface area contributed by atoms with Crippen molar-refractivity contribution in [2.24, 2.45) is 7.05 Å². The second-order valence-corrected chi connectivity index (χ2v) is 3.75. The first-order valence-electron chi connectivity index (χ1n) is 3.44. The van der Waals surface area contributed by atoms with Crippen molar-refractivity contribution < 1.29 is 0 Å². The van der Waals surface area contributed by atoms with Gasteiger partial charge in [-0.25, -0.2) is 9.67 Å². The van der Waals surface area contributed by atoms with Gasteiger partial charge in [0.15, 0.2) is 5.82 Å². The fourth-order valence-electron chi connectivity index (χ4n) is 0.943. The van der Waals surface area contributed by atoms with Crippen molar-refractivity contribution in [3.8, 4) is 5.82 Å². The third kappa shape index (κ3) is 1.36. The molecule has 0 saturated heterocycles. The molecule has 0 aromatic carbocycles. The lowest BCUT2D eigenvalue weighted by molar-refractivity contribution is 0.851. The van der Waals surface area contributed by atoms with E-state index in [4.69, 9.17) is 0 Å². The monoisotopic (exact) mass is 274 g/mol. The third-order valence-corrected chi connectivity index (χ3v) is 2.03. The van der Waals surface area contributed by atoms with Crippen LogP contribution in [0.2, 0.25) is 0 Å². The Morgan fingerprint density at radius 2 is 2.25 bits per heavy atom. The molecular weight excluding hydrogens is 267 g/mol. The van der Waals surface area contributed by atoms with Gasteiger partial charge in [-0.1, -0.05) is 0 Å². The summed E-state index contributed by atoms with van der Waals surface area (Å²) in [4.78, 5) is 4.16. The molecule has 0 aliphatic rings. The molecular formula is C7H7IN4. The van der Waals surface area contributed by atoms with E-state index in [1.807, 2.05) is 24.0 Å². The van der Waals surface area contributed by atoms with Crippen LogP contribution in [0.15, 0.2) is 24.9 Å². The Kier molecular flexibility index (Phi) is 1.87. The molecule has 0 atom stereocenters. The summed E-state index contributed by atoms with van der Waals surface area (Å²) in [5.74, 6) is 0.848. The fourth-order valence-corrected chi connectivity index (χ4v) is 1.33. The van der Waals surface area contributed by atoms with Crippen molar-refractivity contribution in [1.29, 1.82) is 0 Å². The van der Waals surface area contributed by atoms with Crippen molar-refractivity contribution >= 4 is 22.6 Å². The van der Waals surface area contributed by atoms with Crippen molar-refractivity contribution in [3.63, 3.8) is 0 Å². The first-order valence-corrected chi connectivity index (χ1v) is 4.52. The first kappa shape index (κ1) is 7.78. The van der Waals surface area contributed by atoms with E-state index < -0.39 is 0 Å². The van der Waals surface area contributed by atoms with Crippen molar-refractivity contribution in [3.05, 3.63) is 28.5 Å². The van der Waals surface area contributed by atoms with E-state index in [0.29, 0.717) is 0 Å². The van der Waals surface area contributed by atoms with E-state index in [-0.39, 0.29) is 0 Å². The predicted molar refractivity (Wildman–Crippen MR) is 53.0 cm³/mol. The number of halogens is 1. The van der Waals surface area contributed by atoms with Crippen LogP contribution in [0, 0.1) is 3.57 Å². The average molecular weight is 274 g/mol. The van der Waals surface area contributed by atoms with E-state index in [1.54, 1.807) is 17.2 Å². The quantitative estimate of drug-likeness (QED) is 0.733. The van der Waals surface area contributed by atoms with Gasteiger partial charge < -0.3 is 4.57 Å². The fraction of sp³-hybridized carbons (Fsp3) is 0.143. The van der Waals surface area contributed by atoms with E-state index in [2.05, 4.69) is 32.7 Å². The number of nitrogens with zero attached hydrogens (tertiary/aromatic N) is 4. The molecule has 0 N–H and O–H groups in total. The number of aromatic nitrogens is 4. The molecule has 0 aliphatic carbocycles. The van der Waals surface area contributed by atoms with Gasteiger partial charge in [0.2, 0.25) is 0 Å². The maximum absolute atomic E-state index is 4.16. The van der Waals surface area contributed by atoms with Gasteiger partial charge in [-0.15, -0.1) is 0 Å². The predicted octanol–water partition coefficient (Wildman–Crippen LogP) is 1.21. The highest BCUT2D eigenvalue weighted by Crippen LogP contribution is 2.06. The lowest BCUT2D eigenvalue weighted by Crippen LogP contribution is -1.93. The molecule has 5 heteroatoms. The Morgan fingerprint density at radius 1 is 1.42 bits per heavy atom. The Bertz CT molecular complexity index is 351. The Morgan fingerprint density at radius 3 is 2.75 bits per heavy atom. The Hall–Kier alpha value is -0.850. The van der Waals surface area contributed by atoms with Crippen LogP contribution in [0.3, 0.4) is 0 Å². The van der Waals surface area contributed by atoms with Gasteiger partial charge in [0.1, 0.15) is 0 Å². The van der Waals surface area contributed by atoms with E-state index >= 15 is 0 Å². The molecule has 0 bridgehead atoms. The summed E-state index contributed by atoms with van der Waals surface area (Å²) in [5.41, 5.74) is 0. The molecule has 2 rings (SSSR count). The normalized spacial score (nSPS) is 10.5. The molecule has 0 radical (unpaired) electrons. The molecule has 2 aromatic rings. The molecule has 0 unspecified atom stereocenters. The van der Waals surface area contributed by atoms with Crippen LogP contribution >= 0.6 is 22.6 Å². The zero-order chi connectivity index (χ0) is 8.55. The topological polar surface area (TPSA) is 35.6 Å². The van der Waals surface area contributed by atoms with E-state index in [1.165, 1.54) is 0 Å². The maximum Gasteiger partial charge on any atom is 0.171 e. The SMILES string of the molecule is Cn1cnc(-n2cc(I)cn2)c1. The lowest BCUT2D eigenvalue weighted by Gasteiger charge is -1.91. The van der Waals surface area contributed by atoms with Crippen molar-refractivity contribution in [2.75, 3.05) is 0 Å². The summed E-state index contributed by atoms with van der Waals surface area (Å²) < 4.78 is 4.75. The van der Waals surface area contributed by atoms with Crippen molar-refractivity contribution in [2.45, 2.75) is 0 Å². The molecule has 2 aromatic heterocycles. The molecule has 2 heterocycles. The number of rotatable bonds is 1. The van der Waals surface area contributed by atoms with Gasteiger partial charge in [-0.3, -0.25) is 0 Å². The standard InChI is InChI=1S/C7H7IN4/c1-11-4-7(9-5-11)12-3-6(8)2-10-12/h2-5H,1H3. The smallest absolute Gasteiger partial charge is 0.171 e. The number of aryl methyl sites for hydroxylation is 1. The van der Waals surface area contributed by atoms with Crippen LogP contribution in [0.1, 0.15) is 0 Å². The number of hydrogen-bond acceptors (Lipinski definition) is 2. The summed E-state index contributed by atoms with van der Waals surface area (Å²) in [6.45, 7) is 0. The highest BCUT2D eigenvalue weighted by molar-refractivity contribution is 14.1. The highest BCUT2D eigenvalue weighted by Gasteiger charge is 2.00. The Labute approximate surface area is 83.4 Å². The molecule has 0 aliphatic heterocycles. The molecule has 62 valence electrons. The molecule has 0 fully saturated rings. The number of hydrogen-bond donors (Lipinski definition) is 0. The lowest BCUT2D eigenvalue weighted by atomic mass is 10.7. The molecule has 0 spiro atoms. The van der Waals surface area contributed by atoms with Gasteiger partial charge in [0, 0.05) is 19.4 Å². The minimum Gasteiger partial charge on any atom is -0.338 e. The molecule has 12 heavy (non-hydrogen) atoms. The second kappa shape index (κ2) is 2.89.